The number of aryl methyl sites for hydroxylation is 1. The third-order valence-electron chi connectivity index (χ3n) is 5.44. The Morgan fingerprint density at radius 3 is 2.60 bits per heavy atom. The van der Waals surface area contributed by atoms with Gasteiger partial charge in [-0.25, -0.2) is 15.0 Å². The van der Waals surface area contributed by atoms with Crippen LogP contribution in [0.2, 0.25) is 0 Å². The van der Waals surface area contributed by atoms with Gasteiger partial charge in [0.25, 0.3) is 5.91 Å². The number of aliphatic imine (C=N–C) groups is 1. The molecule has 0 bridgehead atoms. The number of amides is 1. The highest BCUT2D eigenvalue weighted by atomic mass is 32.2. The quantitative estimate of drug-likeness (QED) is 0.315. The lowest BCUT2D eigenvalue weighted by molar-refractivity contribution is 0.102. The molecule has 0 atom stereocenters. The number of hydrogen-bond donors (Lipinski definition) is 3. The number of hydrogen-bond acceptors (Lipinski definition) is 9. The molecule has 1 aromatic carbocycles. The summed E-state index contributed by atoms with van der Waals surface area (Å²) in [6.45, 7) is 7.01. The maximum absolute atomic E-state index is 12.8. The van der Waals surface area contributed by atoms with E-state index in [1.165, 1.54) is 11.8 Å². The molecule has 3 N–H and O–H groups in total. The van der Waals surface area contributed by atoms with Gasteiger partial charge in [-0.15, -0.1) is 0 Å². The summed E-state index contributed by atoms with van der Waals surface area (Å²) >= 11 is 1.49. The van der Waals surface area contributed by atoms with Crippen LogP contribution < -0.4 is 16.0 Å². The molecular formula is C25H29N7O2S. The second-order valence-electron chi connectivity index (χ2n) is 8.74. The van der Waals surface area contributed by atoms with Crippen molar-refractivity contribution in [2.75, 3.05) is 35.9 Å². The molecule has 3 heterocycles. The normalized spacial score (nSPS) is 14.1. The number of rotatable bonds is 8. The first-order valence-corrected chi connectivity index (χ1v) is 12.4. The molecule has 9 nitrogen and oxygen atoms in total. The Labute approximate surface area is 209 Å². The van der Waals surface area contributed by atoms with Gasteiger partial charge in [0.2, 0.25) is 5.90 Å². The van der Waals surface area contributed by atoms with Gasteiger partial charge in [0, 0.05) is 36.5 Å². The first kappa shape index (κ1) is 24.5. The Morgan fingerprint density at radius 2 is 1.94 bits per heavy atom. The van der Waals surface area contributed by atoms with Crippen LogP contribution in [0.25, 0.3) is 0 Å². The fourth-order valence-electron chi connectivity index (χ4n) is 3.51. The van der Waals surface area contributed by atoms with Crippen LogP contribution >= 0.6 is 11.8 Å². The molecular weight excluding hydrogens is 462 g/mol. The zero-order valence-corrected chi connectivity index (χ0v) is 21.3. The fraction of sp³-hybridized carbons (Fsp3) is 0.320. The van der Waals surface area contributed by atoms with Crippen molar-refractivity contribution in [3.05, 3.63) is 65.1 Å². The molecule has 1 aliphatic heterocycles. The number of carbonyl (C=O) groups excluding carboxylic acids is 1. The summed E-state index contributed by atoms with van der Waals surface area (Å²) in [5.74, 6) is 1.16. The van der Waals surface area contributed by atoms with E-state index in [0.717, 1.165) is 28.3 Å². The molecule has 0 radical (unpaired) electrons. The minimum atomic E-state index is -0.227. The molecule has 3 aromatic rings. The fourth-order valence-corrected chi connectivity index (χ4v) is 3.85. The number of ether oxygens (including phenoxy) is 1. The molecule has 0 saturated carbocycles. The van der Waals surface area contributed by atoms with Gasteiger partial charge in [-0.2, -0.15) is 0 Å². The number of thioether (sulfide) groups is 1. The molecule has 2 aromatic heterocycles. The summed E-state index contributed by atoms with van der Waals surface area (Å²) in [6, 6.07) is 9.09. The molecule has 0 spiro atoms. The van der Waals surface area contributed by atoms with Crippen LogP contribution in [0.3, 0.4) is 0 Å². The van der Waals surface area contributed by atoms with Crippen molar-refractivity contribution < 1.29 is 9.53 Å². The lowest BCUT2D eigenvalue weighted by Gasteiger charge is -2.14. The van der Waals surface area contributed by atoms with E-state index >= 15 is 0 Å². The summed E-state index contributed by atoms with van der Waals surface area (Å²) in [4.78, 5) is 30.7. The van der Waals surface area contributed by atoms with Crippen LogP contribution in [0.5, 0.6) is 0 Å². The van der Waals surface area contributed by atoms with Crippen LogP contribution in [0.15, 0.2) is 52.9 Å². The zero-order chi connectivity index (χ0) is 25.0. The number of anilines is 3. The molecule has 35 heavy (non-hydrogen) atoms. The second kappa shape index (κ2) is 10.3. The van der Waals surface area contributed by atoms with Gasteiger partial charge in [-0.05, 0) is 57.4 Å². The molecule has 182 valence electrons. The highest BCUT2D eigenvalue weighted by molar-refractivity contribution is 7.98. The average Bonchev–Trinajstić information content (AvgIpc) is 3.23. The molecule has 0 fully saturated rings. The van der Waals surface area contributed by atoms with E-state index in [2.05, 4.69) is 35.9 Å². The number of carbonyl (C=O) groups is 1. The third kappa shape index (κ3) is 5.89. The van der Waals surface area contributed by atoms with Gasteiger partial charge in [0.05, 0.1) is 28.8 Å². The summed E-state index contributed by atoms with van der Waals surface area (Å²) in [6.07, 6.45) is 5.39. The zero-order valence-electron chi connectivity index (χ0n) is 20.5. The highest BCUT2D eigenvalue weighted by Gasteiger charge is 2.27. The Kier molecular flexibility index (Phi) is 7.20. The first-order valence-electron chi connectivity index (χ1n) is 11.2. The van der Waals surface area contributed by atoms with E-state index < -0.39 is 0 Å². The first-order chi connectivity index (χ1) is 16.8. The topological polar surface area (TPSA) is 113 Å². The number of nitrogens with zero attached hydrogens (tertiary/aromatic N) is 4. The van der Waals surface area contributed by atoms with Gasteiger partial charge in [-0.3, -0.25) is 9.78 Å². The minimum Gasteiger partial charge on any atom is -0.475 e. The largest absolute Gasteiger partial charge is 0.475 e. The smallest absolute Gasteiger partial charge is 0.255 e. The number of nitrogens with one attached hydrogen (secondary N) is 3. The van der Waals surface area contributed by atoms with Gasteiger partial charge >= 0.3 is 0 Å². The van der Waals surface area contributed by atoms with E-state index in [-0.39, 0.29) is 11.4 Å². The van der Waals surface area contributed by atoms with Crippen LogP contribution in [0.4, 0.5) is 17.2 Å². The molecule has 0 unspecified atom stereocenters. The maximum Gasteiger partial charge on any atom is 0.255 e. The summed E-state index contributed by atoms with van der Waals surface area (Å²) in [5, 5.41) is 10.1. The van der Waals surface area contributed by atoms with Crippen molar-refractivity contribution >= 4 is 40.8 Å². The van der Waals surface area contributed by atoms with Gasteiger partial charge < -0.3 is 20.7 Å². The van der Waals surface area contributed by atoms with Crippen molar-refractivity contribution in [2.45, 2.75) is 38.0 Å². The monoisotopic (exact) mass is 491 g/mol. The predicted octanol–water partition coefficient (Wildman–Crippen LogP) is 4.36. The SMILES string of the molecule is CNc1nc(SC)ncc1CNc1cc(NC(=O)c2ccc(C3=NC(C)(C)CO3)cc2)cnc1C. The number of pyridine rings is 1. The second-order valence-corrected chi connectivity index (χ2v) is 9.51. The Hall–Kier alpha value is -3.66. The van der Waals surface area contributed by atoms with Gasteiger partial charge in [-0.1, -0.05) is 11.8 Å². The molecule has 0 saturated heterocycles. The highest BCUT2D eigenvalue weighted by Crippen LogP contribution is 2.23. The Balaban J connectivity index is 1.43. The van der Waals surface area contributed by atoms with Crippen molar-refractivity contribution in [3.63, 3.8) is 0 Å². The molecule has 0 aliphatic carbocycles. The van der Waals surface area contributed by atoms with E-state index in [0.29, 0.717) is 35.5 Å². The van der Waals surface area contributed by atoms with E-state index in [1.54, 1.807) is 24.5 Å². The van der Waals surface area contributed by atoms with E-state index in [4.69, 9.17) is 4.74 Å². The van der Waals surface area contributed by atoms with Crippen LogP contribution in [-0.2, 0) is 11.3 Å². The summed E-state index contributed by atoms with van der Waals surface area (Å²) < 4.78 is 5.68. The average molecular weight is 492 g/mol. The predicted molar refractivity (Wildman–Crippen MR) is 141 cm³/mol. The van der Waals surface area contributed by atoms with Crippen LogP contribution in [0.1, 0.15) is 41.0 Å². The lowest BCUT2D eigenvalue weighted by Crippen LogP contribution is -2.17. The number of benzene rings is 1. The molecule has 1 amide bonds. The van der Waals surface area contributed by atoms with E-state index in [1.807, 2.05) is 52.3 Å². The Morgan fingerprint density at radius 1 is 1.17 bits per heavy atom. The third-order valence-corrected chi connectivity index (χ3v) is 6.00. The van der Waals surface area contributed by atoms with Gasteiger partial charge in [0.1, 0.15) is 12.4 Å². The van der Waals surface area contributed by atoms with Crippen molar-refractivity contribution in [3.8, 4) is 0 Å². The van der Waals surface area contributed by atoms with Crippen molar-refractivity contribution in [1.29, 1.82) is 0 Å². The summed E-state index contributed by atoms with van der Waals surface area (Å²) in [5.41, 5.74) is 4.32. The van der Waals surface area contributed by atoms with Crippen LogP contribution in [-0.4, -0.2) is 52.2 Å². The lowest BCUT2D eigenvalue weighted by atomic mass is 10.1. The minimum absolute atomic E-state index is 0.221. The van der Waals surface area contributed by atoms with Crippen molar-refractivity contribution in [1.82, 2.24) is 15.0 Å². The number of aromatic nitrogens is 3. The van der Waals surface area contributed by atoms with Gasteiger partial charge in [0.15, 0.2) is 5.16 Å². The summed E-state index contributed by atoms with van der Waals surface area (Å²) in [7, 11) is 1.83. The van der Waals surface area contributed by atoms with Crippen LogP contribution in [0, 0.1) is 6.92 Å². The molecule has 4 rings (SSSR count). The van der Waals surface area contributed by atoms with Crippen molar-refractivity contribution in [2.24, 2.45) is 4.99 Å². The van der Waals surface area contributed by atoms with E-state index in [9.17, 15) is 4.79 Å². The molecule has 10 heteroatoms. The molecule has 1 aliphatic rings. The maximum atomic E-state index is 12.8. The standard InChI is InChI=1S/C25H29N7O2S/c1-15-20(28-11-18-12-29-24(35-5)31-21(18)26-4)10-19(13-27-15)30-22(33)16-6-8-17(9-7-16)23-32-25(2,3)14-34-23/h6-10,12-13,28H,11,14H2,1-5H3,(H,30,33)(H,26,29,31). The Bertz CT molecular complexity index is 1260.